The molecular formula is C23H20FNO2. The average Bonchev–Trinajstić information content (AvgIpc) is 2.96. The van der Waals surface area contributed by atoms with Crippen molar-refractivity contribution in [1.29, 1.82) is 0 Å². The van der Waals surface area contributed by atoms with Gasteiger partial charge in [-0.2, -0.15) is 0 Å². The molecule has 0 bridgehead atoms. The fourth-order valence-electron chi connectivity index (χ4n) is 3.69. The Labute approximate surface area is 158 Å². The predicted octanol–water partition coefficient (Wildman–Crippen LogP) is 4.71. The highest BCUT2D eigenvalue weighted by molar-refractivity contribution is 6.05. The number of ether oxygens (including phenoxy) is 1. The van der Waals surface area contributed by atoms with Gasteiger partial charge in [0.15, 0.2) is 0 Å². The molecule has 0 spiro atoms. The summed E-state index contributed by atoms with van der Waals surface area (Å²) in [5.41, 5.74) is 3.86. The van der Waals surface area contributed by atoms with E-state index < -0.39 is 0 Å². The lowest BCUT2D eigenvalue weighted by atomic mass is 9.93. The number of nitrogens with zero attached hydrogens (tertiary/aromatic N) is 1. The van der Waals surface area contributed by atoms with Crippen LogP contribution in [0, 0.1) is 5.82 Å². The van der Waals surface area contributed by atoms with Crippen LogP contribution in [0.5, 0.6) is 5.75 Å². The summed E-state index contributed by atoms with van der Waals surface area (Å²) >= 11 is 0. The molecule has 3 aromatic rings. The van der Waals surface area contributed by atoms with Gasteiger partial charge in [0.25, 0.3) is 0 Å². The largest absolute Gasteiger partial charge is 0.496 e. The number of hydrogen-bond donors (Lipinski definition) is 0. The van der Waals surface area contributed by atoms with Crippen LogP contribution in [0.1, 0.15) is 22.6 Å². The first-order valence-electron chi connectivity index (χ1n) is 8.94. The van der Waals surface area contributed by atoms with Crippen LogP contribution in [0.25, 0.3) is 0 Å². The Morgan fingerprint density at radius 2 is 1.67 bits per heavy atom. The number of halogens is 1. The Bertz CT molecular complexity index is 968. The Morgan fingerprint density at radius 3 is 2.44 bits per heavy atom. The zero-order valence-electron chi connectivity index (χ0n) is 15.1. The number of benzene rings is 3. The van der Waals surface area contributed by atoms with Crippen molar-refractivity contribution in [3.8, 4) is 5.75 Å². The van der Waals surface area contributed by atoms with E-state index in [9.17, 15) is 9.18 Å². The molecular weight excluding hydrogens is 341 g/mol. The van der Waals surface area contributed by atoms with Crippen LogP contribution in [0.4, 0.5) is 10.1 Å². The maximum absolute atomic E-state index is 13.2. The summed E-state index contributed by atoms with van der Waals surface area (Å²) in [6.07, 6.45) is 0.583. The standard InChI is InChI=1S/C23H20FNO2/c1-27-22-9-5-2-6-17(22)14-20-19-7-3-4-8-21(19)25(23(20)26)15-16-10-12-18(24)13-11-16/h2-13,20H,14-15H2,1H3. The van der Waals surface area contributed by atoms with Crippen molar-refractivity contribution >= 4 is 11.6 Å². The number of hydrogen-bond acceptors (Lipinski definition) is 2. The Hall–Kier alpha value is -3.14. The van der Waals surface area contributed by atoms with Crippen LogP contribution in [0.2, 0.25) is 0 Å². The molecule has 27 heavy (non-hydrogen) atoms. The number of para-hydroxylation sites is 2. The van der Waals surface area contributed by atoms with Gasteiger partial charge in [-0.1, -0.05) is 48.5 Å². The van der Waals surface area contributed by atoms with Crippen LogP contribution in [0.15, 0.2) is 72.8 Å². The van der Waals surface area contributed by atoms with Gasteiger partial charge in [0.05, 0.1) is 19.6 Å². The van der Waals surface area contributed by atoms with Gasteiger partial charge in [-0.3, -0.25) is 4.79 Å². The third kappa shape index (κ3) is 3.31. The van der Waals surface area contributed by atoms with Crippen LogP contribution < -0.4 is 9.64 Å². The van der Waals surface area contributed by atoms with Crippen molar-refractivity contribution in [1.82, 2.24) is 0 Å². The summed E-state index contributed by atoms with van der Waals surface area (Å²) < 4.78 is 18.7. The van der Waals surface area contributed by atoms with E-state index in [1.165, 1.54) is 12.1 Å². The average molecular weight is 361 g/mol. The van der Waals surface area contributed by atoms with E-state index in [-0.39, 0.29) is 17.6 Å². The topological polar surface area (TPSA) is 29.5 Å². The van der Waals surface area contributed by atoms with Crippen molar-refractivity contribution in [3.63, 3.8) is 0 Å². The minimum Gasteiger partial charge on any atom is -0.496 e. The van der Waals surface area contributed by atoms with Crippen molar-refractivity contribution in [2.75, 3.05) is 12.0 Å². The van der Waals surface area contributed by atoms with E-state index in [1.54, 1.807) is 24.1 Å². The monoisotopic (exact) mass is 361 g/mol. The number of methoxy groups -OCH3 is 1. The predicted molar refractivity (Wildman–Crippen MR) is 103 cm³/mol. The third-order valence-electron chi connectivity index (χ3n) is 5.04. The summed E-state index contributed by atoms with van der Waals surface area (Å²) in [5, 5.41) is 0. The van der Waals surface area contributed by atoms with E-state index in [4.69, 9.17) is 4.74 Å². The molecule has 4 heteroatoms. The van der Waals surface area contributed by atoms with Gasteiger partial charge < -0.3 is 9.64 Å². The maximum atomic E-state index is 13.2. The van der Waals surface area contributed by atoms with Gasteiger partial charge in [0.1, 0.15) is 11.6 Å². The molecule has 1 heterocycles. The summed E-state index contributed by atoms with van der Waals surface area (Å²) in [5.74, 6) is 0.324. The summed E-state index contributed by atoms with van der Waals surface area (Å²) in [6, 6.07) is 22.0. The summed E-state index contributed by atoms with van der Waals surface area (Å²) in [7, 11) is 1.64. The Morgan fingerprint density at radius 1 is 0.963 bits per heavy atom. The first kappa shape index (κ1) is 17.3. The summed E-state index contributed by atoms with van der Waals surface area (Å²) in [6.45, 7) is 0.429. The van der Waals surface area contributed by atoms with Crippen LogP contribution in [-0.2, 0) is 17.8 Å². The van der Waals surface area contributed by atoms with Crippen LogP contribution >= 0.6 is 0 Å². The zero-order chi connectivity index (χ0) is 18.8. The van der Waals surface area contributed by atoms with Gasteiger partial charge >= 0.3 is 0 Å². The lowest BCUT2D eigenvalue weighted by Crippen LogP contribution is -2.29. The SMILES string of the molecule is COc1ccccc1CC1C(=O)N(Cc2ccc(F)cc2)c2ccccc21. The molecule has 0 saturated carbocycles. The first-order valence-corrected chi connectivity index (χ1v) is 8.94. The molecule has 4 rings (SSSR count). The minimum atomic E-state index is -0.277. The molecule has 1 aliphatic heterocycles. The third-order valence-corrected chi connectivity index (χ3v) is 5.04. The van der Waals surface area contributed by atoms with Gasteiger partial charge in [0, 0.05) is 5.69 Å². The highest BCUT2D eigenvalue weighted by atomic mass is 19.1. The molecule has 0 saturated heterocycles. The molecule has 3 aromatic carbocycles. The number of rotatable bonds is 5. The van der Waals surface area contributed by atoms with E-state index in [0.29, 0.717) is 13.0 Å². The van der Waals surface area contributed by atoms with Gasteiger partial charge in [-0.15, -0.1) is 0 Å². The Balaban J connectivity index is 1.66. The number of anilines is 1. The van der Waals surface area contributed by atoms with Crippen LogP contribution in [0.3, 0.4) is 0 Å². The fraction of sp³-hybridized carbons (Fsp3) is 0.174. The zero-order valence-corrected chi connectivity index (χ0v) is 15.1. The molecule has 1 unspecified atom stereocenters. The van der Waals surface area contributed by atoms with E-state index in [2.05, 4.69) is 0 Å². The number of carbonyl (C=O) groups excluding carboxylic acids is 1. The van der Waals surface area contributed by atoms with E-state index in [0.717, 1.165) is 28.1 Å². The highest BCUT2D eigenvalue weighted by Gasteiger charge is 2.37. The van der Waals surface area contributed by atoms with Crippen molar-refractivity contribution < 1.29 is 13.9 Å². The number of amides is 1. The second-order valence-corrected chi connectivity index (χ2v) is 6.68. The maximum Gasteiger partial charge on any atom is 0.235 e. The first-order chi connectivity index (χ1) is 13.2. The molecule has 0 fully saturated rings. The Kier molecular flexibility index (Phi) is 4.63. The minimum absolute atomic E-state index is 0.0615. The van der Waals surface area contributed by atoms with Crippen LogP contribution in [-0.4, -0.2) is 13.0 Å². The molecule has 3 nitrogen and oxygen atoms in total. The lowest BCUT2D eigenvalue weighted by Gasteiger charge is -2.18. The smallest absolute Gasteiger partial charge is 0.235 e. The molecule has 1 amide bonds. The molecule has 0 radical (unpaired) electrons. The summed E-state index contributed by atoms with van der Waals surface area (Å²) in [4.78, 5) is 15.0. The highest BCUT2D eigenvalue weighted by Crippen LogP contribution is 2.40. The molecule has 0 aliphatic carbocycles. The molecule has 0 N–H and O–H groups in total. The fourth-order valence-corrected chi connectivity index (χ4v) is 3.69. The van der Waals surface area contributed by atoms with Gasteiger partial charge in [-0.05, 0) is 47.4 Å². The van der Waals surface area contributed by atoms with E-state index >= 15 is 0 Å². The van der Waals surface area contributed by atoms with Crippen molar-refractivity contribution in [3.05, 3.63) is 95.3 Å². The second-order valence-electron chi connectivity index (χ2n) is 6.68. The molecule has 1 aliphatic rings. The van der Waals surface area contributed by atoms with Crippen molar-refractivity contribution in [2.24, 2.45) is 0 Å². The molecule has 0 aromatic heterocycles. The quantitative estimate of drug-likeness (QED) is 0.659. The lowest BCUT2D eigenvalue weighted by molar-refractivity contribution is -0.119. The van der Waals surface area contributed by atoms with E-state index in [1.807, 2.05) is 48.5 Å². The number of fused-ring (bicyclic) bond motifs is 1. The molecule has 136 valence electrons. The number of carbonyl (C=O) groups is 1. The molecule has 1 atom stereocenters. The van der Waals surface area contributed by atoms with Crippen molar-refractivity contribution in [2.45, 2.75) is 18.9 Å². The van der Waals surface area contributed by atoms with Gasteiger partial charge in [0.2, 0.25) is 5.91 Å². The normalized spacial score (nSPS) is 15.7. The van der Waals surface area contributed by atoms with Gasteiger partial charge in [-0.25, -0.2) is 4.39 Å². The second kappa shape index (κ2) is 7.23.